The second-order valence-corrected chi connectivity index (χ2v) is 19.8. The molecule has 23 nitrogen and oxygen atoms in total. The molecule has 2 aliphatic heterocycles. The van der Waals surface area contributed by atoms with Gasteiger partial charge < -0.3 is 51.2 Å². The number of benzene rings is 2. The maximum atomic E-state index is 15.4. The molecule has 410 valence electrons. The molecule has 0 spiro atoms. The normalized spacial score (nSPS) is 15.0. The second kappa shape index (κ2) is 26.5. The Labute approximate surface area is 439 Å². The molecule has 0 radical (unpaired) electrons. The number of imide groups is 1. The summed E-state index contributed by atoms with van der Waals surface area (Å²) < 4.78 is 24.0. The van der Waals surface area contributed by atoms with Gasteiger partial charge >= 0.3 is 18.1 Å². The Bertz CT molecular complexity index is 2810. The SMILES string of the molecule is CCn1cc(C(=O)O)c(=O)c2cc(F)c(N3CCN(C(=O)OCc4ccc(NC(=O)[C@H](CCCNC(N)=O)n5cc([C@@H](NC(=O)[C@H](CC(C)C)NC(=O)CCCCCN6C(=O)CCC6=O)C(C)C)nn5)cc4)CC3)cc21. The molecule has 8 amide bonds. The molecule has 76 heavy (non-hydrogen) atoms. The van der Waals surface area contributed by atoms with Crippen molar-refractivity contribution in [2.45, 2.75) is 124 Å². The van der Waals surface area contributed by atoms with Crippen LogP contribution in [-0.4, -0.2) is 127 Å². The number of halogens is 1. The monoisotopic (exact) mass is 1060 g/mol. The van der Waals surface area contributed by atoms with E-state index >= 15 is 4.39 Å². The Kier molecular flexibility index (Phi) is 20.0. The van der Waals surface area contributed by atoms with Crippen LogP contribution in [-0.2, 0) is 41.9 Å². The van der Waals surface area contributed by atoms with Crippen molar-refractivity contribution in [3.8, 4) is 0 Å². The maximum absolute atomic E-state index is 15.4. The summed E-state index contributed by atoms with van der Waals surface area (Å²) in [6.07, 6.45) is 5.54. The highest BCUT2D eigenvalue weighted by Crippen LogP contribution is 2.28. The highest BCUT2D eigenvalue weighted by Gasteiger charge is 2.31. The average molecular weight is 1060 g/mol. The van der Waals surface area contributed by atoms with Crippen molar-refractivity contribution >= 4 is 69.9 Å². The van der Waals surface area contributed by atoms with Gasteiger partial charge in [0.2, 0.25) is 35.0 Å². The summed E-state index contributed by atoms with van der Waals surface area (Å²) in [5.41, 5.74) is 6.12. The molecule has 2 aliphatic rings. The molecule has 0 aliphatic carbocycles. The Morgan fingerprint density at radius 1 is 0.868 bits per heavy atom. The third-order valence-electron chi connectivity index (χ3n) is 13.4. The predicted molar refractivity (Wildman–Crippen MR) is 277 cm³/mol. The van der Waals surface area contributed by atoms with Gasteiger partial charge in [-0.2, -0.15) is 0 Å². The number of aromatic nitrogens is 4. The number of aromatic carboxylic acids is 1. The number of rotatable bonds is 25. The van der Waals surface area contributed by atoms with Crippen LogP contribution in [0, 0.1) is 17.7 Å². The molecule has 4 aromatic rings. The number of nitrogens with zero attached hydrogens (tertiary/aromatic N) is 7. The maximum Gasteiger partial charge on any atom is 0.410 e. The van der Waals surface area contributed by atoms with Crippen LogP contribution in [0.2, 0.25) is 0 Å². The van der Waals surface area contributed by atoms with E-state index in [-0.39, 0.29) is 106 Å². The number of hydrogen-bond acceptors (Lipinski definition) is 13. The molecule has 2 aromatic heterocycles. The number of anilines is 2. The van der Waals surface area contributed by atoms with Gasteiger partial charge in [0.25, 0.3) is 0 Å². The summed E-state index contributed by atoms with van der Waals surface area (Å²) in [6.45, 7) is 11.2. The van der Waals surface area contributed by atoms with Gasteiger partial charge in [-0.05, 0) is 80.7 Å². The van der Waals surface area contributed by atoms with Crippen molar-refractivity contribution in [2.75, 3.05) is 49.5 Å². The smallest absolute Gasteiger partial charge is 0.410 e. The summed E-state index contributed by atoms with van der Waals surface area (Å²) in [7, 11) is 0. The van der Waals surface area contributed by atoms with E-state index in [1.54, 1.807) is 46.9 Å². The van der Waals surface area contributed by atoms with Crippen molar-refractivity contribution < 1.29 is 52.6 Å². The second-order valence-electron chi connectivity index (χ2n) is 19.8. The minimum Gasteiger partial charge on any atom is -0.477 e. The molecule has 2 aromatic carbocycles. The first kappa shape index (κ1) is 57.4. The fourth-order valence-corrected chi connectivity index (χ4v) is 9.22. The third-order valence-corrected chi connectivity index (χ3v) is 13.4. The van der Waals surface area contributed by atoms with Crippen molar-refractivity contribution in [3.05, 3.63) is 81.7 Å². The molecule has 4 heterocycles. The van der Waals surface area contributed by atoms with E-state index in [9.17, 15) is 48.3 Å². The average Bonchev–Trinajstić information content (AvgIpc) is 4.01. The number of carbonyl (C=O) groups excluding carboxylic acids is 7. The number of amides is 8. The zero-order valence-electron chi connectivity index (χ0n) is 43.6. The Hall–Kier alpha value is -7.92. The number of primary amides is 1. The van der Waals surface area contributed by atoms with Crippen LogP contribution < -0.4 is 37.3 Å². The minimum absolute atomic E-state index is 0.0357. The lowest BCUT2D eigenvalue weighted by Gasteiger charge is -2.35. The van der Waals surface area contributed by atoms with Gasteiger partial charge in [-0.3, -0.25) is 33.7 Å². The van der Waals surface area contributed by atoms with Crippen molar-refractivity contribution in [1.82, 2.24) is 45.3 Å². The number of pyridine rings is 1. The van der Waals surface area contributed by atoms with Crippen molar-refractivity contribution in [3.63, 3.8) is 0 Å². The van der Waals surface area contributed by atoms with E-state index in [1.165, 1.54) is 26.7 Å². The van der Waals surface area contributed by atoms with Gasteiger partial charge in [-0.25, -0.2) is 23.5 Å². The lowest BCUT2D eigenvalue weighted by atomic mass is 9.98. The number of carboxylic acids is 1. The number of fused-ring (bicyclic) bond motifs is 1. The van der Waals surface area contributed by atoms with Crippen molar-refractivity contribution in [2.24, 2.45) is 17.6 Å². The molecular weight excluding hydrogens is 988 g/mol. The van der Waals surface area contributed by atoms with Gasteiger partial charge in [0.05, 0.1) is 23.4 Å². The van der Waals surface area contributed by atoms with Crippen LogP contribution in [0.5, 0.6) is 0 Å². The van der Waals surface area contributed by atoms with E-state index in [2.05, 4.69) is 31.6 Å². The number of aryl methyl sites for hydroxylation is 1. The van der Waals surface area contributed by atoms with Crippen LogP contribution in [0.15, 0.2) is 53.6 Å². The summed E-state index contributed by atoms with van der Waals surface area (Å²) >= 11 is 0. The molecule has 0 unspecified atom stereocenters. The van der Waals surface area contributed by atoms with Gasteiger partial charge in [-0.1, -0.05) is 51.5 Å². The molecular formula is C52H69FN12O11. The van der Waals surface area contributed by atoms with E-state index in [0.717, 1.165) is 6.07 Å². The number of carbonyl (C=O) groups is 8. The first-order chi connectivity index (χ1) is 36.2. The Morgan fingerprint density at radius 2 is 1.57 bits per heavy atom. The summed E-state index contributed by atoms with van der Waals surface area (Å²) in [6, 6.07) is 6.12. The fourth-order valence-electron chi connectivity index (χ4n) is 9.22. The van der Waals surface area contributed by atoms with Crippen LogP contribution in [0.4, 0.5) is 25.4 Å². The zero-order valence-corrected chi connectivity index (χ0v) is 43.6. The number of ether oxygens (including phenoxy) is 1. The summed E-state index contributed by atoms with van der Waals surface area (Å²) in [4.78, 5) is 118. The molecule has 2 fully saturated rings. The lowest BCUT2D eigenvalue weighted by Crippen LogP contribution is -2.49. The number of urea groups is 1. The minimum atomic E-state index is -1.39. The Balaban J connectivity index is 1.03. The van der Waals surface area contributed by atoms with Gasteiger partial charge in [0.1, 0.15) is 35.8 Å². The van der Waals surface area contributed by atoms with Crippen LogP contribution in [0.3, 0.4) is 0 Å². The molecule has 0 saturated carbocycles. The zero-order chi connectivity index (χ0) is 55.2. The molecule has 0 bridgehead atoms. The summed E-state index contributed by atoms with van der Waals surface area (Å²) in [5.74, 6) is -3.70. The van der Waals surface area contributed by atoms with Crippen LogP contribution >= 0.6 is 0 Å². The number of carboxylic acid groups (broad SMARTS) is 1. The fraction of sp³-hybridized carbons (Fsp3) is 0.519. The predicted octanol–water partition coefficient (Wildman–Crippen LogP) is 4.59. The number of nitrogens with one attached hydrogen (secondary N) is 4. The standard InChI is InChI=1S/C52H69FN12O11/c1-6-61-28-36(50(72)73)47(69)35-26-37(53)42(27-41(35)61)62-21-23-63(24-22-62)52(75)76-30-33-13-15-34(16-14-33)56-49(71)40(11-10-19-55-51(54)74)65-29-39(59-60-65)46(32(4)5)58-48(70)38(25-31(2)3)57-43(66)12-8-7-9-20-64-44(67)17-18-45(64)68/h13-16,26-29,31-32,38,40,46H,6-12,17-25,30H2,1-5H3,(H,56,71)(H,57,66)(H,58,70)(H,72,73)(H3,54,55,74)/t38-,40-,46-/m0/s1. The number of unbranched alkanes of at least 4 members (excludes halogenated alkanes) is 2. The number of likely N-dealkylation sites (tertiary alicyclic amines) is 1. The molecule has 6 rings (SSSR count). The highest BCUT2D eigenvalue weighted by molar-refractivity contribution is 6.02. The topological polar surface area (TPSA) is 303 Å². The largest absolute Gasteiger partial charge is 0.477 e. The van der Waals surface area contributed by atoms with Crippen molar-refractivity contribution in [1.29, 1.82) is 0 Å². The molecule has 7 N–H and O–H groups in total. The quantitative estimate of drug-likeness (QED) is 0.0391. The van der Waals surface area contributed by atoms with Gasteiger partial charge in [0.15, 0.2) is 0 Å². The van der Waals surface area contributed by atoms with E-state index in [4.69, 9.17) is 10.5 Å². The third kappa shape index (κ3) is 15.1. The first-order valence-electron chi connectivity index (χ1n) is 25.8. The summed E-state index contributed by atoms with van der Waals surface area (Å²) in [5, 5.41) is 29.5. The Morgan fingerprint density at radius 3 is 2.20 bits per heavy atom. The number of nitrogens with two attached hydrogens (primary N) is 1. The van der Waals surface area contributed by atoms with E-state index in [1.807, 2.05) is 27.7 Å². The van der Waals surface area contributed by atoms with Crippen LogP contribution in [0.25, 0.3) is 10.9 Å². The highest BCUT2D eigenvalue weighted by atomic mass is 19.1. The number of piperazine rings is 1. The lowest BCUT2D eigenvalue weighted by molar-refractivity contribution is -0.138. The molecule has 3 atom stereocenters. The molecule has 24 heteroatoms. The van der Waals surface area contributed by atoms with E-state index in [0.29, 0.717) is 67.7 Å². The number of hydrogen-bond donors (Lipinski definition) is 6. The van der Waals surface area contributed by atoms with Crippen LogP contribution in [0.1, 0.15) is 126 Å². The molecule has 2 saturated heterocycles. The van der Waals surface area contributed by atoms with E-state index < -0.39 is 64.8 Å². The van der Waals surface area contributed by atoms with Gasteiger partial charge in [-0.15, -0.1) is 5.10 Å². The first-order valence-corrected chi connectivity index (χ1v) is 25.8. The van der Waals surface area contributed by atoms with Gasteiger partial charge in [0, 0.05) is 82.3 Å².